The van der Waals surface area contributed by atoms with Crippen molar-refractivity contribution in [2.75, 3.05) is 5.23 Å². The summed E-state index contributed by atoms with van der Waals surface area (Å²) in [7, 11) is 0. The van der Waals surface area contributed by atoms with Gasteiger partial charge in [-0.2, -0.15) is 0 Å². The van der Waals surface area contributed by atoms with Crippen molar-refractivity contribution in [2.24, 2.45) is 0 Å². The van der Waals surface area contributed by atoms with E-state index in [2.05, 4.69) is 10.2 Å². The van der Waals surface area contributed by atoms with Crippen molar-refractivity contribution in [3.8, 4) is 0 Å². The number of nitrogens with one attached hydrogen (secondary N) is 1. The van der Waals surface area contributed by atoms with Crippen LogP contribution in [0.25, 0.3) is 0 Å². The molecule has 0 unspecified atom stereocenters. The van der Waals surface area contributed by atoms with Crippen LogP contribution in [0.4, 0.5) is 5.69 Å². The van der Waals surface area contributed by atoms with Crippen molar-refractivity contribution in [1.29, 1.82) is 0 Å². The van der Waals surface area contributed by atoms with Crippen molar-refractivity contribution >= 4 is 24.0 Å². The maximum Gasteiger partial charge on any atom is 0.411 e. The lowest BCUT2D eigenvalue weighted by molar-refractivity contribution is 0.0847. The molecule has 1 amide bonds. The number of aromatic nitrogens is 1. The molecule has 2 aromatic carbocycles. The summed E-state index contributed by atoms with van der Waals surface area (Å²) in [5, 5.41) is 3.50. The van der Waals surface area contributed by atoms with E-state index >= 15 is 0 Å². The third-order valence-corrected chi connectivity index (χ3v) is 4.24. The molecule has 2 heterocycles. The van der Waals surface area contributed by atoms with Crippen molar-refractivity contribution in [2.45, 2.75) is 6.54 Å². The summed E-state index contributed by atoms with van der Waals surface area (Å²) in [6.45, 7) is 0.337. The molecule has 1 aromatic heterocycles. The molecule has 1 N–H and O–H groups in total. The first-order valence-corrected chi connectivity index (χ1v) is 7.93. The number of nitrogens with zero attached hydrogens (tertiary/aromatic N) is 2. The second kappa shape index (κ2) is 6.20. The van der Waals surface area contributed by atoms with Gasteiger partial charge in [-0.05, 0) is 35.3 Å². The van der Waals surface area contributed by atoms with Crippen LogP contribution in [0.1, 0.15) is 15.9 Å². The standard InChI is InChI=1S/C19H16BN3O/c24-19-17-8-4-5-9-18(17)22-20(16-6-2-1-3-7-16)23(19)14-15-10-12-21-13-11-15/h1-13,22H,14H2. The molecule has 24 heavy (non-hydrogen) atoms. The molecule has 1 aliphatic rings. The highest BCUT2D eigenvalue weighted by Crippen LogP contribution is 2.24. The molecule has 1 aliphatic heterocycles. The number of carbonyl (C=O) groups excluding carboxylic acids is 1. The van der Waals surface area contributed by atoms with E-state index in [1.807, 2.05) is 71.5 Å². The van der Waals surface area contributed by atoms with Gasteiger partial charge >= 0.3 is 6.98 Å². The average molecular weight is 313 g/mol. The molecule has 116 valence electrons. The largest absolute Gasteiger partial charge is 0.411 e. The van der Waals surface area contributed by atoms with Crippen molar-refractivity contribution in [3.63, 3.8) is 0 Å². The number of pyridine rings is 1. The number of rotatable bonds is 3. The summed E-state index contributed by atoms with van der Waals surface area (Å²) in [5.41, 5.74) is 3.70. The van der Waals surface area contributed by atoms with Gasteiger partial charge in [-0.25, -0.2) is 0 Å². The predicted octanol–water partition coefficient (Wildman–Crippen LogP) is 2.54. The monoisotopic (exact) mass is 313 g/mol. The van der Waals surface area contributed by atoms with E-state index in [4.69, 9.17) is 0 Å². The Labute approximate surface area is 141 Å². The van der Waals surface area contributed by atoms with Gasteiger partial charge in [0.2, 0.25) is 5.91 Å². The number of carbonyl (C=O) groups is 1. The number of anilines is 1. The summed E-state index contributed by atoms with van der Waals surface area (Å²) in [4.78, 5) is 19.0. The Morgan fingerprint density at radius 3 is 2.42 bits per heavy atom. The summed E-state index contributed by atoms with van der Waals surface area (Å²) in [6, 6.07) is 21.6. The zero-order chi connectivity index (χ0) is 16.4. The Balaban J connectivity index is 1.76. The minimum Gasteiger partial charge on any atom is -0.405 e. The predicted molar refractivity (Wildman–Crippen MR) is 96.0 cm³/mol. The van der Waals surface area contributed by atoms with Crippen LogP contribution in [-0.4, -0.2) is 22.7 Å². The quantitative estimate of drug-likeness (QED) is 0.756. The zero-order valence-electron chi connectivity index (χ0n) is 13.1. The first-order valence-electron chi connectivity index (χ1n) is 7.93. The lowest BCUT2D eigenvalue weighted by Gasteiger charge is -2.35. The lowest BCUT2D eigenvalue weighted by Crippen LogP contribution is -2.58. The average Bonchev–Trinajstić information content (AvgIpc) is 2.65. The number of hydrogen-bond acceptors (Lipinski definition) is 3. The molecular weight excluding hydrogens is 297 g/mol. The lowest BCUT2D eigenvalue weighted by atomic mass is 9.63. The normalized spacial score (nSPS) is 13.4. The summed E-state index contributed by atoms with van der Waals surface area (Å²) < 4.78 is 0. The van der Waals surface area contributed by atoms with Crippen LogP contribution in [0, 0.1) is 0 Å². The Morgan fingerprint density at radius 1 is 0.917 bits per heavy atom. The third kappa shape index (κ3) is 2.65. The molecule has 0 bridgehead atoms. The van der Waals surface area contributed by atoms with Crippen LogP contribution in [0.3, 0.4) is 0 Å². The van der Waals surface area contributed by atoms with Gasteiger partial charge in [-0.1, -0.05) is 42.5 Å². The molecule has 0 spiro atoms. The molecule has 0 radical (unpaired) electrons. The molecule has 5 heteroatoms. The van der Waals surface area contributed by atoms with Crippen molar-refractivity contribution < 1.29 is 4.79 Å². The molecule has 0 atom stereocenters. The number of amides is 1. The van der Waals surface area contributed by atoms with Gasteiger partial charge in [0.25, 0.3) is 0 Å². The molecule has 0 fully saturated rings. The van der Waals surface area contributed by atoms with Gasteiger partial charge in [0.1, 0.15) is 0 Å². The Morgan fingerprint density at radius 2 is 1.62 bits per heavy atom. The fraction of sp³-hybridized carbons (Fsp3) is 0.0526. The molecular formula is C19H16BN3O. The van der Waals surface area contributed by atoms with E-state index in [-0.39, 0.29) is 12.9 Å². The number of hydrogen-bond donors (Lipinski definition) is 1. The van der Waals surface area contributed by atoms with E-state index in [0.29, 0.717) is 12.1 Å². The summed E-state index contributed by atoms with van der Waals surface area (Å²) >= 11 is 0. The minimum absolute atomic E-state index is 0.0371. The maximum atomic E-state index is 13.1. The zero-order valence-corrected chi connectivity index (χ0v) is 13.1. The van der Waals surface area contributed by atoms with E-state index in [1.54, 1.807) is 12.4 Å². The van der Waals surface area contributed by atoms with Crippen LogP contribution in [0.5, 0.6) is 0 Å². The van der Waals surface area contributed by atoms with Crippen LogP contribution in [0.15, 0.2) is 79.1 Å². The number of para-hydroxylation sites is 1. The number of benzene rings is 2. The molecule has 4 rings (SSSR count). The molecule has 3 aromatic rings. The fourth-order valence-corrected chi connectivity index (χ4v) is 3.04. The highest BCUT2D eigenvalue weighted by Gasteiger charge is 2.36. The highest BCUT2D eigenvalue weighted by atomic mass is 16.2. The van der Waals surface area contributed by atoms with Gasteiger partial charge in [-0.15, -0.1) is 0 Å². The SMILES string of the molecule is O=C1c2ccccc2NB(c2ccccc2)N1Cc1ccncc1. The minimum atomic E-state index is -0.193. The molecule has 0 saturated heterocycles. The number of fused-ring (bicyclic) bond motifs is 1. The van der Waals surface area contributed by atoms with E-state index < -0.39 is 0 Å². The third-order valence-electron chi connectivity index (χ3n) is 4.24. The first kappa shape index (κ1) is 14.5. The van der Waals surface area contributed by atoms with Crippen LogP contribution in [0.2, 0.25) is 0 Å². The Kier molecular flexibility index (Phi) is 3.75. The van der Waals surface area contributed by atoms with Gasteiger partial charge in [-0.3, -0.25) is 9.78 Å². The summed E-state index contributed by atoms with van der Waals surface area (Å²) in [5.74, 6) is 0.0371. The van der Waals surface area contributed by atoms with E-state index in [0.717, 1.165) is 16.7 Å². The summed E-state index contributed by atoms with van der Waals surface area (Å²) in [6.07, 6.45) is 3.51. The topological polar surface area (TPSA) is 45.2 Å². The second-order valence-corrected chi connectivity index (χ2v) is 5.79. The van der Waals surface area contributed by atoms with Gasteiger partial charge in [0.15, 0.2) is 0 Å². The first-order chi connectivity index (χ1) is 11.8. The Hall–Kier alpha value is -3.08. The molecule has 0 aliphatic carbocycles. The molecule has 0 saturated carbocycles. The van der Waals surface area contributed by atoms with E-state index in [9.17, 15) is 4.79 Å². The smallest absolute Gasteiger partial charge is 0.405 e. The highest BCUT2D eigenvalue weighted by molar-refractivity contribution is 6.76. The Bertz CT molecular complexity index is 855. The van der Waals surface area contributed by atoms with Crippen LogP contribution in [-0.2, 0) is 6.54 Å². The van der Waals surface area contributed by atoms with Crippen LogP contribution >= 0.6 is 0 Å². The van der Waals surface area contributed by atoms with Crippen molar-refractivity contribution in [3.05, 3.63) is 90.3 Å². The van der Waals surface area contributed by atoms with Gasteiger partial charge < -0.3 is 10.0 Å². The van der Waals surface area contributed by atoms with Gasteiger partial charge in [0.05, 0.1) is 5.56 Å². The molecule has 4 nitrogen and oxygen atoms in total. The maximum absolute atomic E-state index is 13.1. The van der Waals surface area contributed by atoms with Crippen molar-refractivity contribution in [1.82, 2.24) is 9.79 Å². The van der Waals surface area contributed by atoms with E-state index in [1.165, 1.54) is 0 Å². The fourth-order valence-electron chi connectivity index (χ4n) is 3.04. The van der Waals surface area contributed by atoms with Gasteiger partial charge in [0, 0.05) is 24.6 Å². The van der Waals surface area contributed by atoms with Crippen LogP contribution < -0.4 is 10.7 Å². The second-order valence-electron chi connectivity index (χ2n) is 5.79.